The van der Waals surface area contributed by atoms with Crippen molar-refractivity contribution in [1.29, 1.82) is 0 Å². The van der Waals surface area contributed by atoms with Crippen LogP contribution in [0.1, 0.15) is 70.5 Å². The van der Waals surface area contributed by atoms with Crippen LogP contribution >= 0.6 is 11.6 Å². The summed E-state index contributed by atoms with van der Waals surface area (Å²) in [5.41, 5.74) is 6.48. The number of amides is 1. The van der Waals surface area contributed by atoms with Crippen molar-refractivity contribution in [2.24, 2.45) is 21.6 Å². The minimum Gasteiger partial charge on any atom is -0.463 e. The molecule has 3 N–H and O–H groups in total. The van der Waals surface area contributed by atoms with Crippen molar-refractivity contribution in [3.05, 3.63) is 83.5 Å². The molecule has 256 valence electrons. The van der Waals surface area contributed by atoms with Gasteiger partial charge in [0.1, 0.15) is 12.9 Å². The molecule has 6 rings (SSSR count). The quantitative estimate of drug-likeness (QED) is 0.170. The molecule has 4 aromatic rings. The highest BCUT2D eigenvalue weighted by Gasteiger charge is 2.60. The summed E-state index contributed by atoms with van der Waals surface area (Å²) in [4.78, 5) is 46.9. The summed E-state index contributed by atoms with van der Waals surface area (Å²) in [5.74, 6) is -3.96. The first-order valence-corrected chi connectivity index (χ1v) is 16.2. The van der Waals surface area contributed by atoms with E-state index in [-0.39, 0.29) is 30.8 Å². The molecule has 0 unspecified atom stereocenters. The summed E-state index contributed by atoms with van der Waals surface area (Å²) in [6, 6.07) is 11.4. The van der Waals surface area contributed by atoms with E-state index in [1.54, 1.807) is 36.8 Å². The summed E-state index contributed by atoms with van der Waals surface area (Å²) in [7, 11) is 0. The molecule has 1 fully saturated rings. The van der Waals surface area contributed by atoms with Crippen LogP contribution in [0.15, 0.2) is 72.4 Å². The Morgan fingerprint density at radius 1 is 1.10 bits per heavy atom. The van der Waals surface area contributed by atoms with E-state index in [2.05, 4.69) is 25.1 Å². The number of nitrogens with zero attached hydrogens (tertiary/aromatic N) is 6. The normalized spacial score (nSPS) is 19.4. The summed E-state index contributed by atoms with van der Waals surface area (Å²) in [6.45, 7) is 6.46. The highest BCUT2D eigenvalue weighted by Crippen LogP contribution is 2.59. The van der Waals surface area contributed by atoms with Gasteiger partial charge in [-0.25, -0.2) is 18.8 Å². The zero-order valence-corrected chi connectivity index (χ0v) is 28.3. The van der Waals surface area contributed by atoms with Gasteiger partial charge in [-0.2, -0.15) is 5.10 Å². The van der Waals surface area contributed by atoms with Crippen molar-refractivity contribution in [2.75, 3.05) is 6.61 Å². The Labute approximate surface area is 287 Å². The SMILES string of the molecule is CC(C)(C)C[C@]1(c2ccc(-c3cnccn3)cc2)N=C(N)N([C@H](COC(=O)CC2(C(C)(F)F)CC2)c2ccc(Cl)c(-c3ncn[nH]3)c2)C1=O. The van der Waals surface area contributed by atoms with Crippen LogP contribution < -0.4 is 5.73 Å². The van der Waals surface area contributed by atoms with Crippen molar-refractivity contribution < 1.29 is 23.1 Å². The molecule has 1 aliphatic carbocycles. The van der Waals surface area contributed by atoms with Gasteiger partial charge in [-0.1, -0.05) is 62.7 Å². The van der Waals surface area contributed by atoms with Gasteiger partial charge in [0, 0.05) is 28.9 Å². The molecule has 11 nitrogen and oxygen atoms in total. The Balaban J connectivity index is 1.38. The van der Waals surface area contributed by atoms with Gasteiger partial charge in [-0.15, -0.1) is 0 Å². The number of nitrogens with two attached hydrogens (primary N) is 1. The molecular weight excluding hydrogens is 654 g/mol. The van der Waals surface area contributed by atoms with Crippen LogP contribution in [0.4, 0.5) is 8.78 Å². The van der Waals surface area contributed by atoms with Gasteiger partial charge in [0.15, 0.2) is 17.3 Å². The van der Waals surface area contributed by atoms with Crippen molar-refractivity contribution in [2.45, 2.75) is 70.9 Å². The predicted octanol–water partition coefficient (Wildman–Crippen LogP) is 6.48. The number of ether oxygens (including phenoxy) is 1. The summed E-state index contributed by atoms with van der Waals surface area (Å²) in [6.07, 6.45) is 6.47. The third-order valence-electron chi connectivity index (χ3n) is 9.16. The fourth-order valence-electron chi connectivity index (χ4n) is 6.45. The van der Waals surface area contributed by atoms with Crippen LogP contribution in [-0.2, 0) is 19.9 Å². The highest BCUT2D eigenvalue weighted by molar-refractivity contribution is 6.33. The van der Waals surface area contributed by atoms with Gasteiger partial charge in [0.25, 0.3) is 11.8 Å². The Morgan fingerprint density at radius 2 is 1.84 bits per heavy atom. The lowest BCUT2D eigenvalue weighted by Gasteiger charge is -2.35. The van der Waals surface area contributed by atoms with E-state index in [9.17, 15) is 18.4 Å². The maximum absolute atomic E-state index is 14.9. The number of H-pyrrole nitrogens is 1. The van der Waals surface area contributed by atoms with Crippen LogP contribution in [0, 0.1) is 10.8 Å². The number of benzene rings is 2. The number of carbonyl (C=O) groups excluding carboxylic acids is 2. The molecule has 3 heterocycles. The summed E-state index contributed by atoms with van der Waals surface area (Å²) >= 11 is 6.53. The van der Waals surface area contributed by atoms with Crippen molar-refractivity contribution >= 4 is 29.4 Å². The number of hydrogen-bond donors (Lipinski definition) is 2. The number of halogens is 3. The minimum atomic E-state index is -3.04. The minimum absolute atomic E-state index is 0.0804. The molecule has 0 saturated heterocycles. The molecule has 1 saturated carbocycles. The lowest BCUT2D eigenvalue weighted by Crippen LogP contribution is -2.47. The molecule has 1 amide bonds. The average molecular weight is 691 g/mol. The molecule has 2 aliphatic rings. The number of nitrogens with one attached hydrogen (secondary N) is 1. The maximum atomic E-state index is 14.9. The third kappa shape index (κ3) is 6.76. The molecule has 0 bridgehead atoms. The van der Waals surface area contributed by atoms with Crippen LogP contribution in [0.5, 0.6) is 0 Å². The van der Waals surface area contributed by atoms with Gasteiger partial charge < -0.3 is 10.5 Å². The first-order valence-electron chi connectivity index (χ1n) is 15.9. The van der Waals surface area contributed by atoms with Crippen LogP contribution in [-0.4, -0.2) is 60.4 Å². The van der Waals surface area contributed by atoms with Crippen LogP contribution in [0.25, 0.3) is 22.6 Å². The number of aliphatic imine (C=N–C) groups is 1. The summed E-state index contributed by atoms with van der Waals surface area (Å²) < 4.78 is 34.3. The highest BCUT2D eigenvalue weighted by atomic mass is 35.5. The Hall–Kier alpha value is -4.78. The number of esters is 1. The van der Waals surface area contributed by atoms with E-state index in [4.69, 9.17) is 27.1 Å². The number of aromatic nitrogens is 5. The molecule has 2 aromatic carbocycles. The summed E-state index contributed by atoms with van der Waals surface area (Å²) in [5, 5.41) is 7.05. The molecule has 0 radical (unpaired) electrons. The number of alkyl halides is 2. The van der Waals surface area contributed by atoms with E-state index >= 15 is 0 Å². The fraction of sp³-hybridized carbons (Fsp3) is 0.400. The largest absolute Gasteiger partial charge is 0.463 e. The monoisotopic (exact) mass is 690 g/mol. The lowest BCUT2D eigenvalue weighted by molar-refractivity contribution is -0.153. The van der Waals surface area contributed by atoms with E-state index in [0.29, 0.717) is 39.7 Å². The van der Waals surface area contributed by atoms with E-state index < -0.39 is 41.2 Å². The number of carbonyl (C=O) groups is 2. The average Bonchev–Trinajstić information content (AvgIpc) is 3.55. The Kier molecular flexibility index (Phi) is 8.76. The lowest BCUT2D eigenvalue weighted by atomic mass is 9.75. The van der Waals surface area contributed by atoms with Crippen molar-refractivity contribution in [3.8, 4) is 22.6 Å². The maximum Gasteiger partial charge on any atom is 0.306 e. The van der Waals surface area contributed by atoms with E-state index in [0.717, 1.165) is 12.5 Å². The zero-order valence-electron chi connectivity index (χ0n) is 27.6. The number of rotatable bonds is 11. The standard InChI is InChI=1S/C35H37ClF2N8O3/c1-32(2,3)19-35(23-8-5-21(6-9-23)26-17-40-13-14-41-26)30(48)46(31(39)44-35)27(18-49-28(47)16-34(11-12-34)33(4,37)38)22-7-10-25(36)24(15-22)29-42-20-43-45-29/h5-10,13-15,17,20,27H,11-12,16,18-19H2,1-4H3,(H2,39,44)(H,42,43,45)/t27-,35-/m1/s1. The van der Waals surface area contributed by atoms with Crippen molar-refractivity contribution in [1.82, 2.24) is 30.0 Å². The van der Waals surface area contributed by atoms with Crippen LogP contribution in [0.2, 0.25) is 5.02 Å². The topological polar surface area (TPSA) is 152 Å². The van der Waals surface area contributed by atoms with Crippen LogP contribution in [0.3, 0.4) is 0 Å². The van der Waals surface area contributed by atoms with Crippen molar-refractivity contribution in [3.63, 3.8) is 0 Å². The third-order valence-corrected chi connectivity index (χ3v) is 9.49. The molecule has 2 aromatic heterocycles. The van der Waals surface area contributed by atoms with Gasteiger partial charge in [0.05, 0.1) is 29.4 Å². The Bertz CT molecular complexity index is 1870. The van der Waals surface area contributed by atoms with Gasteiger partial charge in [-0.05, 0) is 54.9 Å². The molecule has 14 heteroatoms. The Morgan fingerprint density at radius 3 is 2.43 bits per heavy atom. The van der Waals surface area contributed by atoms with Gasteiger partial charge >= 0.3 is 5.97 Å². The van der Waals surface area contributed by atoms with Gasteiger partial charge in [0.2, 0.25) is 0 Å². The molecule has 2 atom stereocenters. The van der Waals surface area contributed by atoms with E-state index in [1.807, 2.05) is 45.0 Å². The molecular formula is C35H37ClF2N8O3. The smallest absolute Gasteiger partial charge is 0.306 e. The van der Waals surface area contributed by atoms with Gasteiger partial charge in [-0.3, -0.25) is 29.6 Å². The second-order valence-corrected chi connectivity index (χ2v) is 14.4. The first-order chi connectivity index (χ1) is 23.1. The number of guanidine groups is 1. The second-order valence-electron chi connectivity index (χ2n) is 14.0. The first kappa shape index (κ1) is 34.1. The zero-order chi connectivity index (χ0) is 35.2. The number of aromatic amines is 1. The molecule has 49 heavy (non-hydrogen) atoms. The fourth-order valence-corrected chi connectivity index (χ4v) is 6.65. The number of hydrogen-bond acceptors (Lipinski definition) is 9. The molecule has 1 aliphatic heterocycles. The second kappa shape index (κ2) is 12.6. The van der Waals surface area contributed by atoms with E-state index in [1.165, 1.54) is 11.2 Å². The predicted molar refractivity (Wildman–Crippen MR) is 179 cm³/mol. The molecule has 0 spiro atoms.